The molecule has 0 spiro atoms. The maximum atomic E-state index is 5.55. The van der Waals surface area contributed by atoms with Crippen molar-refractivity contribution in [3.8, 4) is 0 Å². The number of nitrogens with two attached hydrogens (primary N) is 1. The largest absolute Gasteiger partial charge is 0.380 e. The van der Waals surface area contributed by atoms with Crippen LogP contribution in [-0.4, -0.2) is 41.2 Å². The minimum Gasteiger partial charge on any atom is -0.380 e. The standard InChI is InChI=1S/C13H19N5OS/c1-19-9-3-2-5-18(7-9)8-11-15-12(17-14)10-4-6-20-13(10)16-11/h4,6,9H,2-3,5,7-8,14H2,1H3,(H,15,16,17). The number of hydrogen-bond acceptors (Lipinski definition) is 7. The zero-order chi connectivity index (χ0) is 13.9. The molecule has 0 amide bonds. The quantitative estimate of drug-likeness (QED) is 0.658. The van der Waals surface area contributed by atoms with Gasteiger partial charge in [0.2, 0.25) is 0 Å². The first-order valence-corrected chi connectivity index (χ1v) is 7.64. The van der Waals surface area contributed by atoms with E-state index in [-0.39, 0.29) is 0 Å². The lowest BCUT2D eigenvalue weighted by molar-refractivity contribution is 0.0277. The van der Waals surface area contributed by atoms with Crippen LogP contribution < -0.4 is 11.3 Å². The van der Waals surface area contributed by atoms with Crippen molar-refractivity contribution >= 4 is 27.4 Å². The molecule has 6 nitrogen and oxygen atoms in total. The van der Waals surface area contributed by atoms with Gasteiger partial charge in [-0.1, -0.05) is 0 Å². The number of piperidine rings is 1. The van der Waals surface area contributed by atoms with Gasteiger partial charge in [-0.25, -0.2) is 15.8 Å². The number of rotatable bonds is 4. The van der Waals surface area contributed by atoms with Gasteiger partial charge in [0.15, 0.2) is 5.82 Å². The number of hydrazine groups is 1. The maximum absolute atomic E-state index is 5.55. The molecule has 108 valence electrons. The average Bonchev–Trinajstić information content (AvgIpc) is 2.95. The molecule has 1 fully saturated rings. The van der Waals surface area contributed by atoms with E-state index in [4.69, 9.17) is 10.6 Å². The average molecular weight is 293 g/mol. The molecule has 3 N–H and O–H groups in total. The van der Waals surface area contributed by atoms with Gasteiger partial charge >= 0.3 is 0 Å². The molecular formula is C13H19N5OS. The summed E-state index contributed by atoms with van der Waals surface area (Å²) in [5.41, 5.74) is 2.67. The topological polar surface area (TPSA) is 76.3 Å². The zero-order valence-corrected chi connectivity index (χ0v) is 12.3. The van der Waals surface area contributed by atoms with Crippen LogP contribution in [0.4, 0.5) is 5.82 Å². The molecule has 1 aliphatic rings. The van der Waals surface area contributed by atoms with E-state index in [2.05, 4.69) is 20.3 Å². The molecule has 1 saturated heterocycles. The molecule has 2 aromatic heterocycles. The van der Waals surface area contributed by atoms with Crippen LogP contribution in [-0.2, 0) is 11.3 Å². The summed E-state index contributed by atoms with van der Waals surface area (Å²) >= 11 is 1.61. The third kappa shape index (κ3) is 2.76. The van der Waals surface area contributed by atoms with Crippen molar-refractivity contribution in [1.82, 2.24) is 14.9 Å². The molecule has 0 saturated carbocycles. The van der Waals surface area contributed by atoms with Gasteiger partial charge < -0.3 is 10.2 Å². The number of fused-ring (bicyclic) bond motifs is 1. The number of ether oxygens (including phenoxy) is 1. The normalized spacial score (nSPS) is 20.4. The highest BCUT2D eigenvalue weighted by molar-refractivity contribution is 7.16. The summed E-state index contributed by atoms with van der Waals surface area (Å²) in [5, 5.41) is 2.99. The Balaban J connectivity index is 1.79. The van der Waals surface area contributed by atoms with Crippen LogP contribution in [0.25, 0.3) is 10.2 Å². The van der Waals surface area contributed by atoms with Crippen LogP contribution in [0.3, 0.4) is 0 Å². The van der Waals surface area contributed by atoms with Crippen molar-refractivity contribution in [3.63, 3.8) is 0 Å². The Labute approximate surface area is 121 Å². The SMILES string of the molecule is COC1CCCN(Cc2nc(NN)c3ccsc3n2)C1. The number of nitrogens with zero attached hydrogens (tertiary/aromatic N) is 3. The molecule has 1 aliphatic heterocycles. The van der Waals surface area contributed by atoms with Gasteiger partial charge in [0, 0.05) is 13.7 Å². The van der Waals surface area contributed by atoms with Crippen LogP contribution in [0.1, 0.15) is 18.7 Å². The van der Waals surface area contributed by atoms with Crippen LogP contribution in [0.15, 0.2) is 11.4 Å². The summed E-state index contributed by atoms with van der Waals surface area (Å²) in [4.78, 5) is 12.4. The first-order chi connectivity index (χ1) is 9.80. The Morgan fingerprint density at radius 2 is 2.45 bits per heavy atom. The molecule has 3 heterocycles. The van der Waals surface area contributed by atoms with Gasteiger partial charge in [0.25, 0.3) is 0 Å². The molecule has 2 aromatic rings. The fourth-order valence-electron chi connectivity index (χ4n) is 2.63. The van der Waals surface area contributed by atoms with E-state index >= 15 is 0 Å². The molecule has 3 rings (SSSR count). The Morgan fingerprint density at radius 1 is 1.55 bits per heavy atom. The van der Waals surface area contributed by atoms with Gasteiger partial charge in [-0.3, -0.25) is 4.90 Å². The summed E-state index contributed by atoms with van der Waals surface area (Å²) in [5.74, 6) is 7.06. The van der Waals surface area contributed by atoms with Crippen molar-refractivity contribution in [2.45, 2.75) is 25.5 Å². The van der Waals surface area contributed by atoms with Gasteiger partial charge in [-0.05, 0) is 30.8 Å². The minimum absolute atomic E-state index is 0.321. The highest BCUT2D eigenvalue weighted by Gasteiger charge is 2.20. The van der Waals surface area contributed by atoms with E-state index in [1.54, 1.807) is 18.4 Å². The summed E-state index contributed by atoms with van der Waals surface area (Å²) in [6.07, 6.45) is 2.61. The van der Waals surface area contributed by atoms with Gasteiger partial charge in [-0.2, -0.15) is 0 Å². The van der Waals surface area contributed by atoms with E-state index in [0.717, 1.165) is 48.5 Å². The van der Waals surface area contributed by atoms with Gasteiger partial charge in [0.1, 0.15) is 10.7 Å². The molecule has 1 unspecified atom stereocenters. The van der Waals surface area contributed by atoms with Crippen LogP contribution in [0.5, 0.6) is 0 Å². The summed E-state index contributed by atoms with van der Waals surface area (Å²) in [6, 6.07) is 1.99. The fourth-order valence-corrected chi connectivity index (χ4v) is 3.41. The van der Waals surface area contributed by atoms with Gasteiger partial charge in [-0.15, -0.1) is 11.3 Å². The van der Waals surface area contributed by atoms with Crippen molar-refractivity contribution < 1.29 is 4.74 Å². The monoisotopic (exact) mass is 293 g/mol. The number of nitrogen functional groups attached to an aromatic ring is 1. The number of thiophene rings is 1. The number of likely N-dealkylation sites (tertiary alicyclic amines) is 1. The molecule has 7 heteroatoms. The Hall–Kier alpha value is -1.28. The van der Waals surface area contributed by atoms with E-state index in [1.807, 2.05) is 11.4 Å². The van der Waals surface area contributed by atoms with E-state index < -0.39 is 0 Å². The number of methoxy groups -OCH3 is 1. The van der Waals surface area contributed by atoms with Gasteiger partial charge in [0.05, 0.1) is 18.0 Å². The fraction of sp³-hybridized carbons (Fsp3) is 0.538. The second kappa shape index (κ2) is 6.01. The Bertz CT molecular complexity index is 587. The third-order valence-corrected chi connectivity index (χ3v) is 4.48. The zero-order valence-electron chi connectivity index (χ0n) is 11.5. The summed E-state index contributed by atoms with van der Waals surface area (Å²) < 4.78 is 5.45. The summed E-state index contributed by atoms with van der Waals surface area (Å²) in [6.45, 7) is 2.74. The van der Waals surface area contributed by atoms with Crippen molar-refractivity contribution in [1.29, 1.82) is 0 Å². The highest BCUT2D eigenvalue weighted by Crippen LogP contribution is 2.25. The van der Waals surface area contributed by atoms with E-state index in [9.17, 15) is 0 Å². The highest BCUT2D eigenvalue weighted by atomic mass is 32.1. The van der Waals surface area contributed by atoms with E-state index in [0.29, 0.717) is 11.9 Å². The number of hydrogen-bond donors (Lipinski definition) is 2. The predicted molar refractivity (Wildman–Crippen MR) is 80.5 cm³/mol. The lowest BCUT2D eigenvalue weighted by atomic mass is 10.1. The second-order valence-electron chi connectivity index (χ2n) is 5.01. The maximum Gasteiger partial charge on any atom is 0.152 e. The molecular weight excluding hydrogens is 274 g/mol. The van der Waals surface area contributed by atoms with Crippen molar-refractivity contribution in [2.75, 3.05) is 25.6 Å². The number of nitrogens with one attached hydrogen (secondary N) is 1. The van der Waals surface area contributed by atoms with E-state index in [1.165, 1.54) is 0 Å². The first kappa shape index (κ1) is 13.7. The van der Waals surface area contributed by atoms with Crippen molar-refractivity contribution in [3.05, 3.63) is 17.3 Å². The predicted octanol–water partition coefficient (Wildman–Crippen LogP) is 1.59. The molecule has 0 radical (unpaired) electrons. The molecule has 0 aromatic carbocycles. The molecule has 1 atom stereocenters. The number of aromatic nitrogens is 2. The minimum atomic E-state index is 0.321. The molecule has 0 aliphatic carbocycles. The molecule has 20 heavy (non-hydrogen) atoms. The van der Waals surface area contributed by atoms with Crippen molar-refractivity contribution in [2.24, 2.45) is 5.84 Å². The molecule has 0 bridgehead atoms. The second-order valence-corrected chi connectivity index (χ2v) is 5.90. The smallest absolute Gasteiger partial charge is 0.152 e. The Kier molecular flexibility index (Phi) is 4.11. The lowest BCUT2D eigenvalue weighted by Crippen LogP contribution is -2.39. The Morgan fingerprint density at radius 3 is 3.25 bits per heavy atom. The number of anilines is 1. The first-order valence-electron chi connectivity index (χ1n) is 6.76. The van der Waals surface area contributed by atoms with Crippen LogP contribution in [0, 0.1) is 0 Å². The van der Waals surface area contributed by atoms with Crippen LogP contribution in [0.2, 0.25) is 0 Å². The summed E-state index contributed by atoms with van der Waals surface area (Å²) in [7, 11) is 1.78. The van der Waals surface area contributed by atoms with Crippen LogP contribution >= 0.6 is 11.3 Å². The lowest BCUT2D eigenvalue weighted by Gasteiger charge is -2.31. The third-order valence-electron chi connectivity index (χ3n) is 3.67.